The SMILES string of the molecule is CNCc1ccc2cccc(F)c2n1. The quantitative estimate of drug-likeness (QED) is 0.784. The number of para-hydroxylation sites is 1. The second-order valence-corrected chi connectivity index (χ2v) is 3.14. The molecule has 2 aromatic rings. The predicted molar refractivity (Wildman–Crippen MR) is 54.5 cm³/mol. The third-order valence-electron chi connectivity index (χ3n) is 2.09. The second kappa shape index (κ2) is 3.72. The number of aromatic nitrogens is 1. The van der Waals surface area contributed by atoms with Crippen molar-refractivity contribution >= 4 is 10.9 Å². The number of nitrogens with zero attached hydrogens (tertiary/aromatic N) is 1. The highest BCUT2D eigenvalue weighted by Crippen LogP contribution is 2.15. The molecule has 2 nitrogen and oxygen atoms in total. The molecule has 1 heterocycles. The van der Waals surface area contributed by atoms with Crippen molar-refractivity contribution in [1.82, 2.24) is 10.3 Å². The van der Waals surface area contributed by atoms with E-state index in [0.717, 1.165) is 11.1 Å². The first-order valence-electron chi connectivity index (χ1n) is 4.50. The maximum atomic E-state index is 13.3. The van der Waals surface area contributed by atoms with E-state index in [1.165, 1.54) is 6.07 Å². The molecule has 0 fully saturated rings. The van der Waals surface area contributed by atoms with Gasteiger partial charge in [-0.05, 0) is 19.2 Å². The zero-order valence-electron chi connectivity index (χ0n) is 7.92. The minimum absolute atomic E-state index is 0.263. The van der Waals surface area contributed by atoms with Crippen LogP contribution in [-0.2, 0) is 6.54 Å². The van der Waals surface area contributed by atoms with Crippen LogP contribution >= 0.6 is 0 Å². The Balaban J connectivity index is 2.58. The summed E-state index contributed by atoms with van der Waals surface area (Å²) in [4.78, 5) is 4.23. The van der Waals surface area contributed by atoms with Crippen molar-refractivity contribution in [2.45, 2.75) is 6.54 Å². The number of pyridine rings is 1. The molecule has 1 aromatic heterocycles. The van der Waals surface area contributed by atoms with Crippen LogP contribution in [0.15, 0.2) is 30.3 Å². The van der Waals surface area contributed by atoms with E-state index < -0.39 is 0 Å². The number of benzene rings is 1. The average Bonchev–Trinajstić information content (AvgIpc) is 2.20. The third-order valence-corrected chi connectivity index (χ3v) is 2.09. The fourth-order valence-corrected chi connectivity index (χ4v) is 1.43. The highest BCUT2D eigenvalue weighted by molar-refractivity contribution is 5.79. The van der Waals surface area contributed by atoms with Crippen molar-refractivity contribution in [2.75, 3.05) is 7.05 Å². The Labute approximate surface area is 81.8 Å². The lowest BCUT2D eigenvalue weighted by Crippen LogP contribution is -2.06. The van der Waals surface area contributed by atoms with Crippen molar-refractivity contribution < 1.29 is 4.39 Å². The maximum Gasteiger partial charge on any atom is 0.149 e. The first-order valence-corrected chi connectivity index (χ1v) is 4.50. The van der Waals surface area contributed by atoms with Gasteiger partial charge < -0.3 is 5.32 Å². The lowest BCUT2D eigenvalue weighted by atomic mass is 10.2. The molecule has 1 aromatic carbocycles. The summed E-state index contributed by atoms with van der Waals surface area (Å²) in [6.45, 7) is 0.657. The van der Waals surface area contributed by atoms with Gasteiger partial charge in [0.25, 0.3) is 0 Å². The Morgan fingerprint density at radius 2 is 2.14 bits per heavy atom. The summed E-state index contributed by atoms with van der Waals surface area (Å²) >= 11 is 0. The summed E-state index contributed by atoms with van der Waals surface area (Å²) in [5, 5.41) is 3.82. The van der Waals surface area contributed by atoms with Gasteiger partial charge in [-0.15, -0.1) is 0 Å². The monoisotopic (exact) mass is 190 g/mol. The molecule has 0 spiro atoms. The van der Waals surface area contributed by atoms with Crippen molar-refractivity contribution in [3.05, 3.63) is 41.8 Å². The van der Waals surface area contributed by atoms with Gasteiger partial charge >= 0.3 is 0 Å². The Hall–Kier alpha value is -1.48. The van der Waals surface area contributed by atoms with Gasteiger partial charge in [0, 0.05) is 11.9 Å². The van der Waals surface area contributed by atoms with E-state index in [9.17, 15) is 4.39 Å². The van der Waals surface area contributed by atoms with Crippen LogP contribution in [0.1, 0.15) is 5.69 Å². The van der Waals surface area contributed by atoms with Crippen molar-refractivity contribution in [2.24, 2.45) is 0 Å². The van der Waals surface area contributed by atoms with Crippen LogP contribution in [0, 0.1) is 5.82 Å². The number of rotatable bonds is 2. The van der Waals surface area contributed by atoms with Gasteiger partial charge in [-0.3, -0.25) is 0 Å². The predicted octanol–water partition coefficient (Wildman–Crippen LogP) is 2.09. The van der Waals surface area contributed by atoms with Crippen LogP contribution in [0.25, 0.3) is 10.9 Å². The van der Waals surface area contributed by atoms with Gasteiger partial charge in [0.05, 0.1) is 5.69 Å². The number of halogens is 1. The average molecular weight is 190 g/mol. The lowest BCUT2D eigenvalue weighted by Gasteiger charge is -2.02. The number of nitrogens with one attached hydrogen (secondary N) is 1. The second-order valence-electron chi connectivity index (χ2n) is 3.14. The summed E-state index contributed by atoms with van der Waals surface area (Å²) in [6, 6.07) is 8.76. The molecule has 0 unspecified atom stereocenters. The third kappa shape index (κ3) is 1.59. The molecule has 0 saturated carbocycles. The van der Waals surface area contributed by atoms with Gasteiger partial charge in [-0.1, -0.05) is 18.2 Å². The molecule has 2 rings (SSSR count). The zero-order valence-corrected chi connectivity index (χ0v) is 7.92. The van der Waals surface area contributed by atoms with E-state index in [0.29, 0.717) is 12.1 Å². The smallest absolute Gasteiger partial charge is 0.149 e. The van der Waals surface area contributed by atoms with Gasteiger partial charge in [0.2, 0.25) is 0 Å². The minimum Gasteiger partial charge on any atom is -0.314 e. The summed E-state index contributed by atoms with van der Waals surface area (Å²) in [5.74, 6) is -0.263. The van der Waals surface area contributed by atoms with Gasteiger partial charge in [-0.25, -0.2) is 9.37 Å². The van der Waals surface area contributed by atoms with Crippen LogP contribution in [-0.4, -0.2) is 12.0 Å². The zero-order chi connectivity index (χ0) is 9.97. The molecule has 0 atom stereocenters. The van der Waals surface area contributed by atoms with E-state index in [-0.39, 0.29) is 5.82 Å². The normalized spacial score (nSPS) is 10.7. The van der Waals surface area contributed by atoms with Gasteiger partial charge in [0.1, 0.15) is 11.3 Å². The molecule has 0 amide bonds. The lowest BCUT2D eigenvalue weighted by molar-refractivity contribution is 0.635. The summed E-state index contributed by atoms with van der Waals surface area (Å²) < 4.78 is 13.3. The van der Waals surface area contributed by atoms with Crippen LogP contribution in [0.3, 0.4) is 0 Å². The largest absolute Gasteiger partial charge is 0.314 e. The van der Waals surface area contributed by atoms with Gasteiger partial charge in [-0.2, -0.15) is 0 Å². The van der Waals surface area contributed by atoms with Crippen LogP contribution in [0.5, 0.6) is 0 Å². The molecule has 0 aliphatic heterocycles. The molecule has 0 aliphatic carbocycles. The van der Waals surface area contributed by atoms with Crippen LogP contribution in [0.4, 0.5) is 4.39 Å². The number of hydrogen-bond acceptors (Lipinski definition) is 2. The number of hydrogen-bond donors (Lipinski definition) is 1. The van der Waals surface area contributed by atoms with Crippen LogP contribution in [0.2, 0.25) is 0 Å². The fourth-order valence-electron chi connectivity index (χ4n) is 1.43. The standard InChI is InChI=1S/C11H11FN2/c1-13-7-9-6-5-8-3-2-4-10(12)11(8)14-9/h2-6,13H,7H2,1H3. The molecule has 72 valence electrons. The Kier molecular flexibility index (Phi) is 2.41. The van der Waals surface area contributed by atoms with E-state index >= 15 is 0 Å². The Morgan fingerprint density at radius 3 is 2.93 bits per heavy atom. The molecule has 14 heavy (non-hydrogen) atoms. The first-order chi connectivity index (χ1) is 6.81. The molecule has 1 N–H and O–H groups in total. The van der Waals surface area contributed by atoms with Crippen LogP contribution < -0.4 is 5.32 Å². The summed E-state index contributed by atoms with van der Waals surface area (Å²) in [5.41, 5.74) is 1.30. The minimum atomic E-state index is -0.263. The Bertz CT molecular complexity index is 454. The molecular weight excluding hydrogens is 179 g/mol. The molecule has 3 heteroatoms. The topological polar surface area (TPSA) is 24.9 Å². The first kappa shape index (κ1) is 9.09. The molecule has 0 bridgehead atoms. The van der Waals surface area contributed by atoms with Crippen molar-refractivity contribution in [3.63, 3.8) is 0 Å². The van der Waals surface area contributed by atoms with Crippen molar-refractivity contribution in [3.8, 4) is 0 Å². The van der Waals surface area contributed by atoms with E-state index in [1.807, 2.05) is 25.2 Å². The summed E-state index contributed by atoms with van der Waals surface area (Å²) in [6.07, 6.45) is 0. The highest BCUT2D eigenvalue weighted by atomic mass is 19.1. The fraction of sp³-hybridized carbons (Fsp3) is 0.182. The Morgan fingerprint density at radius 1 is 1.29 bits per heavy atom. The van der Waals surface area contributed by atoms with Gasteiger partial charge in [0.15, 0.2) is 0 Å². The molecule has 0 saturated heterocycles. The van der Waals surface area contributed by atoms with Crippen molar-refractivity contribution in [1.29, 1.82) is 0 Å². The molecular formula is C11H11FN2. The summed E-state index contributed by atoms with van der Waals surface area (Å²) in [7, 11) is 1.84. The maximum absolute atomic E-state index is 13.3. The highest BCUT2D eigenvalue weighted by Gasteiger charge is 2.02. The number of fused-ring (bicyclic) bond motifs is 1. The molecule has 0 aliphatic rings. The van der Waals surface area contributed by atoms with E-state index in [1.54, 1.807) is 6.07 Å². The van der Waals surface area contributed by atoms with E-state index in [4.69, 9.17) is 0 Å². The van der Waals surface area contributed by atoms with E-state index in [2.05, 4.69) is 10.3 Å². The molecule has 0 radical (unpaired) electrons.